The van der Waals surface area contributed by atoms with Crippen molar-refractivity contribution in [3.8, 4) is 17.0 Å². The van der Waals surface area contributed by atoms with Gasteiger partial charge >= 0.3 is 0 Å². The molecule has 1 aromatic heterocycles. The van der Waals surface area contributed by atoms with E-state index >= 15 is 0 Å². The number of nitrogens with zero attached hydrogens (tertiary/aromatic N) is 3. The average Bonchev–Trinajstić information content (AvgIpc) is 3.77. The molecule has 3 heterocycles. The number of anilines is 2. The summed E-state index contributed by atoms with van der Waals surface area (Å²) in [6.07, 6.45) is 8.68. The molecule has 7 rings (SSSR count). The van der Waals surface area contributed by atoms with Crippen LogP contribution in [-0.4, -0.2) is 68.1 Å². The largest absolute Gasteiger partial charge is 0.489 e. The Labute approximate surface area is 278 Å². The molecule has 2 aliphatic heterocycles. The normalized spacial score (nSPS) is 17.4. The lowest BCUT2D eigenvalue weighted by molar-refractivity contribution is 0.0945. The third kappa shape index (κ3) is 6.72. The minimum atomic E-state index is -0.160. The van der Waals surface area contributed by atoms with Gasteiger partial charge in [0.15, 0.2) is 0 Å². The molecule has 3 aliphatic rings. The number of fused-ring (bicyclic) bond motifs is 1. The Bertz CT molecular complexity index is 1680. The van der Waals surface area contributed by atoms with E-state index in [-0.39, 0.29) is 19.1 Å². The maximum Gasteiger partial charge on any atom is 0.251 e. The van der Waals surface area contributed by atoms with Crippen LogP contribution < -0.4 is 19.9 Å². The zero-order chi connectivity index (χ0) is 32.2. The van der Waals surface area contributed by atoms with Crippen molar-refractivity contribution in [3.63, 3.8) is 0 Å². The third-order valence-electron chi connectivity index (χ3n) is 10.3. The second kappa shape index (κ2) is 14.4. The van der Waals surface area contributed by atoms with Crippen molar-refractivity contribution in [2.24, 2.45) is 7.05 Å². The van der Waals surface area contributed by atoms with Crippen molar-refractivity contribution in [3.05, 3.63) is 77.4 Å². The van der Waals surface area contributed by atoms with E-state index in [2.05, 4.69) is 75.3 Å². The zero-order valence-corrected chi connectivity index (χ0v) is 27.7. The fraction of sp³-hybridized carbons (Fsp3) is 0.462. The lowest BCUT2D eigenvalue weighted by Crippen LogP contribution is -2.37. The number of aliphatic hydroxyl groups excluding tert-OH is 1. The van der Waals surface area contributed by atoms with Crippen LogP contribution in [0, 0.1) is 0 Å². The summed E-state index contributed by atoms with van der Waals surface area (Å²) in [5.41, 5.74) is 9.19. The number of nitrogens with one attached hydrogen (secondary N) is 1. The van der Waals surface area contributed by atoms with Crippen LogP contribution in [0.5, 0.6) is 5.75 Å². The molecule has 0 unspecified atom stereocenters. The second-order valence-electron chi connectivity index (χ2n) is 13.3. The summed E-state index contributed by atoms with van der Waals surface area (Å²) in [5.74, 6) is 1.19. The molecule has 2 saturated heterocycles. The van der Waals surface area contributed by atoms with Gasteiger partial charge in [-0.15, -0.1) is 0 Å². The Hall–Kier alpha value is -4.01. The van der Waals surface area contributed by atoms with Gasteiger partial charge in [-0.25, -0.2) is 0 Å². The first kappa shape index (κ1) is 31.6. The summed E-state index contributed by atoms with van der Waals surface area (Å²) in [6.45, 7) is 6.22. The van der Waals surface area contributed by atoms with Crippen LogP contribution in [0.2, 0.25) is 0 Å². The van der Waals surface area contributed by atoms with Crippen LogP contribution >= 0.6 is 0 Å². The van der Waals surface area contributed by atoms with Gasteiger partial charge in [-0.1, -0.05) is 25.3 Å². The SMILES string of the molecule is Cn1c(-c2ccc(OCc3cc(N4CCCC4)ccc3N3CCOCC3)cc2)c(C2CCCCC2)c2ccc(C(=O)NCCO)cc21. The summed E-state index contributed by atoms with van der Waals surface area (Å²) < 4.78 is 14.4. The molecule has 8 heteroatoms. The number of aliphatic hydroxyl groups is 1. The molecule has 1 amide bonds. The number of rotatable bonds is 10. The molecule has 0 atom stereocenters. The van der Waals surface area contributed by atoms with Crippen molar-refractivity contribution in [1.29, 1.82) is 0 Å². The molecule has 0 spiro atoms. The molecule has 1 aliphatic carbocycles. The van der Waals surface area contributed by atoms with E-state index in [1.54, 1.807) is 0 Å². The maximum atomic E-state index is 12.8. The molecule has 1 saturated carbocycles. The Balaban J connectivity index is 1.17. The van der Waals surface area contributed by atoms with Gasteiger partial charge in [0.05, 0.1) is 25.5 Å². The van der Waals surface area contributed by atoms with Gasteiger partial charge in [-0.3, -0.25) is 4.79 Å². The predicted octanol–water partition coefficient (Wildman–Crippen LogP) is 6.63. The Morgan fingerprint density at radius 3 is 2.40 bits per heavy atom. The monoisotopic (exact) mass is 636 g/mol. The van der Waals surface area contributed by atoms with E-state index in [1.807, 2.05) is 12.1 Å². The number of morpholine rings is 1. The predicted molar refractivity (Wildman–Crippen MR) is 189 cm³/mol. The Kier molecular flexibility index (Phi) is 9.68. The topological polar surface area (TPSA) is 79.2 Å². The molecular weight excluding hydrogens is 588 g/mol. The van der Waals surface area contributed by atoms with E-state index in [9.17, 15) is 9.90 Å². The molecule has 248 valence electrons. The molecular formula is C39H48N4O4. The summed E-state index contributed by atoms with van der Waals surface area (Å²) in [5, 5.41) is 13.2. The van der Waals surface area contributed by atoms with Crippen LogP contribution in [0.1, 0.15) is 72.3 Å². The molecule has 47 heavy (non-hydrogen) atoms. The summed E-state index contributed by atoms with van der Waals surface area (Å²) in [6, 6.07) is 21.5. The number of amides is 1. The van der Waals surface area contributed by atoms with E-state index in [0.29, 0.717) is 18.1 Å². The molecule has 4 aromatic rings. The Morgan fingerprint density at radius 1 is 0.894 bits per heavy atom. The van der Waals surface area contributed by atoms with Crippen molar-refractivity contribution < 1.29 is 19.4 Å². The van der Waals surface area contributed by atoms with Crippen LogP contribution in [-0.2, 0) is 18.4 Å². The number of benzene rings is 3. The first-order chi connectivity index (χ1) is 23.1. The minimum absolute atomic E-state index is 0.0755. The van der Waals surface area contributed by atoms with Gasteiger partial charge in [-0.2, -0.15) is 0 Å². The van der Waals surface area contributed by atoms with E-state index < -0.39 is 0 Å². The van der Waals surface area contributed by atoms with Crippen LogP contribution in [0.15, 0.2) is 60.7 Å². The summed E-state index contributed by atoms with van der Waals surface area (Å²) in [4.78, 5) is 17.7. The van der Waals surface area contributed by atoms with Crippen molar-refractivity contribution in [2.75, 3.05) is 62.3 Å². The minimum Gasteiger partial charge on any atom is -0.489 e. The highest BCUT2D eigenvalue weighted by molar-refractivity contribution is 6.00. The average molecular weight is 637 g/mol. The van der Waals surface area contributed by atoms with Crippen LogP contribution in [0.4, 0.5) is 11.4 Å². The maximum absolute atomic E-state index is 12.8. The number of hydrogen-bond donors (Lipinski definition) is 2. The smallest absolute Gasteiger partial charge is 0.251 e. The quantitative estimate of drug-likeness (QED) is 0.204. The zero-order valence-electron chi connectivity index (χ0n) is 27.7. The van der Waals surface area contributed by atoms with Gasteiger partial charge in [0, 0.05) is 73.2 Å². The van der Waals surface area contributed by atoms with Gasteiger partial charge in [0.25, 0.3) is 5.91 Å². The fourth-order valence-corrected chi connectivity index (χ4v) is 7.87. The number of carbonyl (C=O) groups excluding carboxylic acids is 1. The molecule has 3 fully saturated rings. The highest BCUT2D eigenvalue weighted by atomic mass is 16.5. The summed E-state index contributed by atoms with van der Waals surface area (Å²) >= 11 is 0. The number of hydrogen-bond acceptors (Lipinski definition) is 6. The van der Waals surface area contributed by atoms with Crippen LogP contribution in [0.3, 0.4) is 0 Å². The molecule has 0 radical (unpaired) electrons. The van der Waals surface area contributed by atoms with Crippen molar-refractivity contribution >= 4 is 28.2 Å². The van der Waals surface area contributed by atoms with Crippen LogP contribution in [0.25, 0.3) is 22.2 Å². The fourth-order valence-electron chi connectivity index (χ4n) is 7.87. The van der Waals surface area contributed by atoms with E-state index in [4.69, 9.17) is 9.47 Å². The van der Waals surface area contributed by atoms with Gasteiger partial charge in [0.2, 0.25) is 0 Å². The molecule has 2 N–H and O–H groups in total. The summed E-state index contributed by atoms with van der Waals surface area (Å²) in [7, 11) is 2.12. The number of aryl methyl sites for hydroxylation is 1. The first-order valence-corrected chi connectivity index (χ1v) is 17.6. The van der Waals surface area contributed by atoms with Gasteiger partial charge in [-0.05, 0) is 97.3 Å². The third-order valence-corrected chi connectivity index (χ3v) is 10.3. The molecule has 0 bridgehead atoms. The number of carbonyl (C=O) groups is 1. The number of aromatic nitrogens is 1. The van der Waals surface area contributed by atoms with E-state index in [1.165, 1.54) is 78.5 Å². The van der Waals surface area contributed by atoms with Crippen molar-refractivity contribution in [2.45, 2.75) is 57.5 Å². The van der Waals surface area contributed by atoms with Gasteiger partial charge < -0.3 is 34.3 Å². The number of ether oxygens (including phenoxy) is 2. The lowest BCUT2D eigenvalue weighted by Gasteiger charge is -2.31. The molecule has 8 nitrogen and oxygen atoms in total. The first-order valence-electron chi connectivity index (χ1n) is 17.6. The lowest BCUT2D eigenvalue weighted by atomic mass is 9.82. The highest BCUT2D eigenvalue weighted by Crippen LogP contribution is 2.44. The Morgan fingerprint density at radius 2 is 1.66 bits per heavy atom. The van der Waals surface area contributed by atoms with Crippen molar-refractivity contribution in [1.82, 2.24) is 9.88 Å². The standard InChI is InChI=1S/C39H48N4O4/c1-41-36-26-30(39(45)40-17-22-44)11-15-34(36)37(28-7-3-2-4-8-28)38(41)29-9-13-33(14-10-29)47-27-31-25-32(42-18-5-6-19-42)12-16-35(31)43-20-23-46-24-21-43/h9-16,25-26,28,44H,2-8,17-24,27H2,1H3,(H,40,45). The molecule has 3 aromatic carbocycles. The highest BCUT2D eigenvalue weighted by Gasteiger charge is 2.26. The van der Waals surface area contributed by atoms with Gasteiger partial charge in [0.1, 0.15) is 12.4 Å². The van der Waals surface area contributed by atoms with E-state index in [0.717, 1.165) is 56.2 Å². The second-order valence-corrected chi connectivity index (χ2v) is 13.3.